The van der Waals surface area contributed by atoms with E-state index in [0.717, 1.165) is 29.7 Å². The van der Waals surface area contributed by atoms with Gasteiger partial charge in [-0.05, 0) is 25.0 Å². The van der Waals surface area contributed by atoms with Crippen molar-refractivity contribution in [1.29, 1.82) is 0 Å². The van der Waals surface area contributed by atoms with Crippen LogP contribution in [0.15, 0.2) is 22.7 Å². The van der Waals surface area contributed by atoms with E-state index < -0.39 is 0 Å². The van der Waals surface area contributed by atoms with Gasteiger partial charge in [-0.2, -0.15) is 0 Å². The maximum absolute atomic E-state index is 6.29. The van der Waals surface area contributed by atoms with E-state index in [1.807, 2.05) is 6.07 Å². The average molecular weight is 311 g/mol. The lowest BCUT2D eigenvalue weighted by Gasteiger charge is -2.20. The molecule has 2 aromatic rings. The van der Waals surface area contributed by atoms with Gasteiger partial charge in [0.2, 0.25) is 5.88 Å². The minimum atomic E-state index is 0.292. The maximum atomic E-state index is 6.29. The largest absolute Gasteiger partial charge is 0.367 e. The highest BCUT2D eigenvalue weighted by molar-refractivity contribution is 6.39. The monoisotopic (exact) mass is 310 g/mol. The summed E-state index contributed by atoms with van der Waals surface area (Å²) in [6.07, 6.45) is 5.94. The number of nitrogens with zero attached hydrogens (tertiary/aromatic N) is 1. The van der Waals surface area contributed by atoms with E-state index in [-0.39, 0.29) is 0 Å². The molecule has 2 N–H and O–H groups in total. The molecule has 1 saturated carbocycles. The highest BCUT2D eigenvalue weighted by atomic mass is 35.5. The van der Waals surface area contributed by atoms with E-state index in [0.29, 0.717) is 21.8 Å². The Hall–Kier alpha value is -1.19. The number of nitrogens with two attached hydrogens (primary N) is 1. The van der Waals surface area contributed by atoms with Crippen LogP contribution >= 0.6 is 23.2 Å². The van der Waals surface area contributed by atoms with Crippen LogP contribution in [0.2, 0.25) is 10.0 Å². The van der Waals surface area contributed by atoms with Crippen molar-refractivity contribution < 1.29 is 4.52 Å². The minimum Gasteiger partial charge on any atom is -0.367 e. The fourth-order valence-corrected chi connectivity index (χ4v) is 3.54. The summed E-state index contributed by atoms with van der Waals surface area (Å²) >= 11 is 12.6. The Kier molecular flexibility index (Phi) is 3.90. The Morgan fingerprint density at radius 1 is 1.05 bits per heavy atom. The molecule has 0 radical (unpaired) electrons. The molecule has 3 nitrogen and oxygen atoms in total. The van der Waals surface area contributed by atoms with Crippen LogP contribution in [0.25, 0.3) is 11.1 Å². The molecule has 0 amide bonds. The zero-order valence-corrected chi connectivity index (χ0v) is 12.5. The van der Waals surface area contributed by atoms with Gasteiger partial charge < -0.3 is 10.3 Å². The van der Waals surface area contributed by atoms with E-state index in [2.05, 4.69) is 5.16 Å². The molecule has 1 aromatic heterocycles. The number of hydrogen-bond donors (Lipinski definition) is 1. The van der Waals surface area contributed by atoms with Gasteiger partial charge in [0, 0.05) is 11.5 Å². The van der Waals surface area contributed by atoms with Gasteiger partial charge >= 0.3 is 0 Å². The van der Waals surface area contributed by atoms with Crippen molar-refractivity contribution in [3.8, 4) is 11.1 Å². The molecule has 1 heterocycles. The highest BCUT2D eigenvalue weighted by Crippen LogP contribution is 2.44. The van der Waals surface area contributed by atoms with Gasteiger partial charge in [-0.25, -0.2) is 0 Å². The second kappa shape index (κ2) is 5.66. The summed E-state index contributed by atoms with van der Waals surface area (Å²) in [5.74, 6) is 0.674. The quantitative estimate of drug-likeness (QED) is 0.821. The molecular formula is C15H16Cl2N2O. The van der Waals surface area contributed by atoms with Crippen molar-refractivity contribution >= 4 is 29.1 Å². The predicted molar refractivity (Wildman–Crippen MR) is 82.2 cm³/mol. The van der Waals surface area contributed by atoms with Gasteiger partial charge in [0.25, 0.3) is 0 Å². The Bertz CT molecular complexity index is 598. The van der Waals surface area contributed by atoms with Crippen molar-refractivity contribution in [2.75, 3.05) is 5.73 Å². The van der Waals surface area contributed by atoms with E-state index in [4.69, 9.17) is 33.5 Å². The summed E-state index contributed by atoms with van der Waals surface area (Å²) in [6, 6.07) is 5.43. The first-order valence-electron chi connectivity index (χ1n) is 6.88. The van der Waals surface area contributed by atoms with Crippen molar-refractivity contribution in [1.82, 2.24) is 5.16 Å². The van der Waals surface area contributed by atoms with Gasteiger partial charge in [-0.15, -0.1) is 0 Å². The molecule has 0 saturated heterocycles. The molecule has 20 heavy (non-hydrogen) atoms. The van der Waals surface area contributed by atoms with Crippen LogP contribution in [0.3, 0.4) is 0 Å². The number of halogens is 2. The molecule has 1 aliphatic carbocycles. The predicted octanol–water partition coefficient (Wildman–Crippen LogP) is 5.28. The molecular weight excluding hydrogens is 295 g/mol. The van der Waals surface area contributed by atoms with Crippen LogP contribution in [0.4, 0.5) is 5.88 Å². The SMILES string of the molecule is Nc1onc(C2CCCCC2)c1-c1c(Cl)cccc1Cl. The molecule has 1 fully saturated rings. The van der Waals surface area contributed by atoms with Gasteiger partial charge in [0.05, 0.1) is 21.3 Å². The lowest BCUT2D eigenvalue weighted by Crippen LogP contribution is -2.06. The zero-order valence-electron chi connectivity index (χ0n) is 11.0. The molecule has 0 bridgehead atoms. The normalized spacial score (nSPS) is 16.5. The first-order valence-corrected chi connectivity index (χ1v) is 7.63. The smallest absolute Gasteiger partial charge is 0.230 e. The van der Waals surface area contributed by atoms with Gasteiger partial charge in [-0.3, -0.25) is 0 Å². The Balaban J connectivity index is 2.11. The summed E-state index contributed by atoms with van der Waals surface area (Å²) in [6.45, 7) is 0. The molecule has 5 heteroatoms. The molecule has 0 spiro atoms. The lowest BCUT2D eigenvalue weighted by atomic mass is 9.84. The third-order valence-electron chi connectivity index (χ3n) is 3.95. The highest BCUT2D eigenvalue weighted by Gasteiger charge is 2.27. The summed E-state index contributed by atoms with van der Waals surface area (Å²) in [5, 5.41) is 5.33. The number of hydrogen-bond acceptors (Lipinski definition) is 3. The van der Waals surface area contributed by atoms with Crippen LogP contribution in [0.1, 0.15) is 43.7 Å². The first kappa shape index (κ1) is 13.8. The Morgan fingerprint density at radius 2 is 1.70 bits per heavy atom. The van der Waals surface area contributed by atoms with Crippen molar-refractivity contribution in [3.63, 3.8) is 0 Å². The van der Waals surface area contributed by atoms with Gasteiger partial charge in [0.1, 0.15) is 0 Å². The molecule has 0 atom stereocenters. The topological polar surface area (TPSA) is 52.0 Å². The second-order valence-corrected chi connectivity index (χ2v) is 6.05. The van der Waals surface area contributed by atoms with Crippen molar-refractivity contribution in [2.45, 2.75) is 38.0 Å². The number of aromatic nitrogens is 1. The fraction of sp³-hybridized carbons (Fsp3) is 0.400. The van der Waals surface area contributed by atoms with Crippen LogP contribution < -0.4 is 5.73 Å². The van der Waals surface area contributed by atoms with Crippen LogP contribution in [0, 0.1) is 0 Å². The van der Waals surface area contributed by atoms with Crippen molar-refractivity contribution in [2.24, 2.45) is 0 Å². The molecule has 0 unspecified atom stereocenters. The third kappa shape index (κ3) is 2.40. The standard InChI is InChI=1S/C15H16Cl2N2O/c16-10-7-4-8-11(17)12(10)13-14(19-20-15(13)18)9-5-2-1-3-6-9/h4,7-9H,1-3,5-6,18H2. The third-order valence-corrected chi connectivity index (χ3v) is 4.58. The number of nitrogen functional groups attached to an aromatic ring is 1. The van der Waals surface area contributed by atoms with E-state index in [1.54, 1.807) is 12.1 Å². The zero-order chi connectivity index (χ0) is 14.1. The minimum absolute atomic E-state index is 0.292. The van der Waals surface area contributed by atoms with Crippen LogP contribution in [-0.2, 0) is 0 Å². The molecule has 0 aliphatic heterocycles. The maximum Gasteiger partial charge on any atom is 0.230 e. The van der Waals surface area contributed by atoms with Crippen LogP contribution in [-0.4, -0.2) is 5.16 Å². The Morgan fingerprint density at radius 3 is 2.35 bits per heavy atom. The first-order chi connectivity index (χ1) is 9.68. The summed E-state index contributed by atoms with van der Waals surface area (Å²) < 4.78 is 5.22. The van der Waals surface area contributed by atoms with Crippen molar-refractivity contribution in [3.05, 3.63) is 33.9 Å². The van der Waals surface area contributed by atoms with E-state index in [9.17, 15) is 0 Å². The van der Waals surface area contributed by atoms with Crippen LogP contribution in [0.5, 0.6) is 0 Å². The average Bonchev–Trinajstić information content (AvgIpc) is 2.82. The number of benzene rings is 1. The van der Waals surface area contributed by atoms with Gasteiger partial charge in [-0.1, -0.05) is 53.7 Å². The summed E-state index contributed by atoms with van der Waals surface area (Å²) in [5.41, 5.74) is 8.37. The van der Waals surface area contributed by atoms with E-state index in [1.165, 1.54) is 19.3 Å². The molecule has 1 aliphatic rings. The lowest BCUT2D eigenvalue weighted by molar-refractivity contribution is 0.388. The molecule has 1 aromatic carbocycles. The van der Waals surface area contributed by atoms with Gasteiger partial charge in [0.15, 0.2) is 0 Å². The summed E-state index contributed by atoms with van der Waals surface area (Å²) in [7, 11) is 0. The summed E-state index contributed by atoms with van der Waals surface area (Å²) in [4.78, 5) is 0. The fourth-order valence-electron chi connectivity index (χ4n) is 2.96. The number of anilines is 1. The number of rotatable bonds is 2. The van der Waals surface area contributed by atoms with E-state index >= 15 is 0 Å². The Labute approximate surface area is 128 Å². The second-order valence-electron chi connectivity index (χ2n) is 5.24. The molecule has 3 rings (SSSR count). The molecule has 106 valence electrons.